The van der Waals surface area contributed by atoms with Crippen molar-refractivity contribution >= 4 is 38.7 Å². The molecule has 5 rings (SSSR count). The third kappa shape index (κ3) is 4.99. The quantitative estimate of drug-likeness (QED) is 0.304. The number of aryl methyl sites for hydroxylation is 1. The molecule has 0 spiro atoms. The summed E-state index contributed by atoms with van der Waals surface area (Å²) in [5.41, 5.74) is 5.25. The van der Waals surface area contributed by atoms with Crippen LogP contribution in [0.4, 0.5) is 11.4 Å². The summed E-state index contributed by atoms with van der Waals surface area (Å²) in [7, 11) is -1.98. The molecule has 0 unspecified atom stereocenters. The molecule has 4 heterocycles. The second-order valence-electron chi connectivity index (χ2n) is 9.25. The zero-order chi connectivity index (χ0) is 27.0. The van der Waals surface area contributed by atoms with E-state index in [-0.39, 0.29) is 12.1 Å². The molecule has 4 aromatic rings. The van der Waals surface area contributed by atoms with Crippen LogP contribution in [0.25, 0.3) is 0 Å². The van der Waals surface area contributed by atoms with Crippen molar-refractivity contribution in [1.82, 2.24) is 14.9 Å². The van der Waals surface area contributed by atoms with Gasteiger partial charge in [0, 0.05) is 29.3 Å². The first-order valence-corrected chi connectivity index (χ1v) is 14.3. The average Bonchev–Trinajstić information content (AvgIpc) is 3.59. The minimum atomic E-state index is -3.48. The third-order valence-electron chi connectivity index (χ3n) is 6.68. The maximum absolute atomic E-state index is 11.9. The van der Waals surface area contributed by atoms with E-state index in [1.807, 2.05) is 41.3 Å². The molecule has 1 fully saturated rings. The Labute approximate surface area is 227 Å². The Morgan fingerprint density at radius 3 is 2.63 bits per heavy atom. The summed E-state index contributed by atoms with van der Waals surface area (Å²) in [5, 5.41) is 4.01. The molecule has 3 aromatic heterocycles. The molecule has 2 atom stereocenters. The predicted octanol–water partition coefficient (Wildman–Crippen LogP) is 4.70. The van der Waals surface area contributed by atoms with Crippen molar-refractivity contribution in [3.05, 3.63) is 95.5 Å². The van der Waals surface area contributed by atoms with Gasteiger partial charge < -0.3 is 23.9 Å². The molecular formula is C27H29N5O4S2. The van der Waals surface area contributed by atoms with Crippen LogP contribution in [-0.2, 0) is 16.6 Å². The van der Waals surface area contributed by atoms with E-state index in [4.69, 9.17) is 21.4 Å². The number of furan rings is 1. The van der Waals surface area contributed by atoms with Crippen LogP contribution >= 0.6 is 12.2 Å². The smallest absolute Gasteiger partial charge is 0.229 e. The zero-order valence-electron chi connectivity index (χ0n) is 21.5. The van der Waals surface area contributed by atoms with Gasteiger partial charge >= 0.3 is 0 Å². The maximum atomic E-state index is 11.9. The number of aromatic nitrogens is 2. The Morgan fingerprint density at radius 1 is 1.16 bits per heavy atom. The van der Waals surface area contributed by atoms with Crippen molar-refractivity contribution in [2.24, 2.45) is 0 Å². The molecule has 1 aliphatic rings. The SMILES string of the molecule is COc1cc(N2C(=S)N[C@H](c3ccccn3)[C@@H]2c2cc(C)n(Cc3ccco3)c2C)ccc1NS(C)(=O)=O. The normalized spacial score (nSPS) is 17.5. The van der Waals surface area contributed by atoms with Crippen LogP contribution < -0.4 is 19.7 Å². The van der Waals surface area contributed by atoms with E-state index in [0.717, 1.165) is 40.3 Å². The molecule has 0 amide bonds. The highest BCUT2D eigenvalue weighted by Gasteiger charge is 2.42. The van der Waals surface area contributed by atoms with Gasteiger partial charge in [-0.3, -0.25) is 9.71 Å². The van der Waals surface area contributed by atoms with Gasteiger partial charge in [-0.2, -0.15) is 0 Å². The van der Waals surface area contributed by atoms with Crippen LogP contribution in [0.2, 0.25) is 0 Å². The monoisotopic (exact) mass is 551 g/mol. The molecule has 2 N–H and O–H groups in total. The molecule has 9 nitrogen and oxygen atoms in total. The van der Waals surface area contributed by atoms with Crippen molar-refractivity contribution in [1.29, 1.82) is 0 Å². The van der Waals surface area contributed by atoms with Crippen LogP contribution in [0.3, 0.4) is 0 Å². The Hall–Kier alpha value is -3.83. The lowest BCUT2D eigenvalue weighted by Crippen LogP contribution is -2.29. The number of nitrogens with zero attached hydrogens (tertiary/aromatic N) is 3. The lowest BCUT2D eigenvalue weighted by atomic mass is 9.96. The Morgan fingerprint density at radius 2 is 1.97 bits per heavy atom. The molecule has 38 heavy (non-hydrogen) atoms. The number of thiocarbonyl (C=S) groups is 1. The van der Waals surface area contributed by atoms with Crippen LogP contribution in [0, 0.1) is 13.8 Å². The molecule has 1 saturated heterocycles. The van der Waals surface area contributed by atoms with E-state index in [1.54, 1.807) is 24.6 Å². The fourth-order valence-corrected chi connectivity index (χ4v) is 5.91. The number of hydrogen-bond acceptors (Lipinski definition) is 6. The molecule has 0 aliphatic carbocycles. The summed E-state index contributed by atoms with van der Waals surface area (Å²) >= 11 is 5.87. The van der Waals surface area contributed by atoms with Crippen LogP contribution in [0.5, 0.6) is 5.75 Å². The predicted molar refractivity (Wildman–Crippen MR) is 151 cm³/mol. The summed E-state index contributed by atoms with van der Waals surface area (Å²) in [6, 6.07) is 16.7. The standard InChI is InChI=1S/C27H29N5O4S2/c1-17-14-21(18(2)31(17)16-20-8-7-13-36-20)26-25(23-9-5-6-12-28-23)29-27(37)32(26)19-10-11-22(24(15-19)35-3)30-38(4,33)34/h5-15,25-26,30H,16H2,1-4H3,(H,29,37)/t25-,26+/m1/s1. The largest absolute Gasteiger partial charge is 0.494 e. The molecule has 198 valence electrons. The van der Waals surface area contributed by atoms with E-state index in [0.29, 0.717) is 23.1 Å². The van der Waals surface area contributed by atoms with Gasteiger partial charge in [0.1, 0.15) is 11.5 Å². The second-order valence-corrected chi connectivity index (χ2v) is 11.4. The summed E-state index contributed by atoms with van der Waals surface area (Å²) in [4.78, 5) is 6.68. The van der Waals surface area contributed by atoms with Gasteiger partial charge in [0.05, 0.1) is 49.6 Å². The van der Waals surface area contributed by atoms with E-state index < -0.39 is 10.0 Å². The van der Waals surface area contributed by atoms with Crippen molar-refractivity contribution in [3.8, 4) is 5.75 Å². The van der Waals surface area contributed by atoms with Crippen LogP contribution in [-0.4, -0.2) is 36.4 Å². The number of anilines is 2. The fourth-order valence-electron chi connectivity index (χ4n) is 4.99. The van der Waals surface area contributed by atoms with Gasteiger partial charge in [-0.1, -0.05) is 6.07 Å². The Kier molecular flexibility index (Phi) is 6.89. The van der Waals surface area contributed by atoms with Crippen LogP contribution in [0.1, 0.15) is 40.5 Å². The number of sulfonamides is 1. The van der Waals surface area contributed by atoms with E-state index in [9.17, 15) is 8.42 Å². The number of nitrogens with one attached hydrogen (secondary N) is 2. The van der Waals surface area contributed by atoms with Crippen molar-refractivity contribution < 1.29 is 17.6 Å². The second kappa shape index (κ2) is 10.1. The molecular weight excluding hydrogens is 522 g/mol. The van der Waals surface area contributed by atoms with Gasteiger partial charge in [-0.15, -0.1) is 0 Å². The number of pyridine rings is 1. The van der Waals surface area contributed by atoms with Gasteiger partial charge in [0.15, 0.2) is 5.11 Å². The Bertz CT molecular complexity index is 1570. The molecule has 0 radical (unpaired) electrons. The number of benzene rings is 1. The van der Waals surface area contributed by atoms with E-state index >= 15 is 0 Å². The first-order chi connectivity index (χ1) is 18.2. The van der Waals surface area contributed by atoms with Crippen molar-refractivity contribution in [2.75, 3.05) is 23.0 Å². The van der Waals surface area contributed by atoms with Gasteiger partial charge in [0.25, 0.3) is 0 Å². The summed E-state index contributed by atoms with van der Waals surface area (Å²) < 4.78 is 39.6. The average molecular weight is 552 g/mol. The van der Waals surface area contributed by atoms with Gasteiger partial charge in [0.2, 0.25) is 10.0 Å². The van der Waals surface area contributed by atoms with E-state index in [1.165, 1.54) is 7.11 Å². The lowest BCUT2D eigenvalue weighted by Gasteiger charge is -2.29. The van der Waals surface area contributed by atoms with Crippen LogP contribution in [0.15, 0.2) is 71.5 Å². The van der Waals surface area contributed by atoms with E-state index in [2.05, 4.69) is 39.5 Å². The number of hydrogen-bond donors (Lipinski definition) is 2. The first-order valence-electron chi connectivity index (χ1n) is 12.0. The minimum Gasteiger partial charge on any atom is -0.494 e. The number of ether oxygens (including phenoxy) is 1. The first kappa shape index (κ1) is 25.8. The zero-order valence-corrected chi connectivity index (χ0v) is 23.1. The molecule has 1 aliphatic heterocycles. The highest BCUT2D eigenvalue weighted by molar-refractivity contribution is 7.92. The topological polar surface area (TPSA) is 102 Å². The lowest BCUT2D eigenvalue weighted by molar-refractivity contribution is 0.417. The minimum absolute atomic E-state index is 0.221. The van der Waals surface area contributed by atoms with Crippen molar-refractivity contribution in [2.45, 2.75) is 32.5 Å². The fraction of sp³-hybridized carbons (Fsp3) is 0.259. The molecule has 11 heteroatoms. The number of rotatable bonds is 8. The summed E-state index contributed by atoms with van der Waals surface area (Å²) in [6.07, 6.45) is 4.55. The highest BCUT2D eigenvalue weighted by atomic mass is 32.2. The van der Waals surface area contributed by atoms with Gasteiger partial charge in [-0.25, -0.2) is 8.42 Å². The molecule has 0 saturated carbocycles. The van der Waals surface area contributed by atoms with Gasteiger partial charge in [-0.05, 0) is 74.1 Å². The third-order valence-corrected chi connectivity index (χ3v) is 7.59. The molecule has 0 bridgehead atoms. The maximum Gasteiger partial charge on any atom is 0.229 e. The molecule has 1 aromatic carbocycles. The summed E-state index contributed by atoms with van der Waals surface area (Å²) in [6.45, 7) is 4.79. The Balaban J connectivity index is 1.62. The summed E-state index contributed by atoms with van der Waals surface area (Å²) in [5.74, 6) is 1.26. The number of methoxy groups -OCH3 is 1. The van der Waals surface area contributed by atoms with Crippen molar-refractivity contribution in [3.63, 3.8) is 0 Å². The highest BCUT2D eigenvalue weighted by Crippen LogP contribution is 2.44.